The lowest BCUT2D eigenvalue weighted by Gasteiger charge is -2.15. The Morgan fingerprint density at radius 3 is 2.71 bits per heavy atom. The molecule has 0 bridgehead atoms. The number of nitriles is 1. The van der Waals surface area contributed by atoms with E-state index in [0.717, 1.165) is 29.4 Å². The van der Waals surface area contributed by atoms with Crippen LogP contribution < -0.4 is 20.7 Å². The number of ether oxygens (including phenoxy) is 1. The molecule has 8 nitrogen and oxygen atoms in total. The molecule has 3 rings (SSSR count). The number of unbranched alkanes of at least 4 members (excludes halogenated alkanes) is 1. The summed E-state index contributed by atoms with van der Waals surface area (Å²) in [6.45, 7) is 4.37. The minimum absolute atomic E-state index is 0.0550. The first-order chi connectivity index (χ1) is 16.9. The predicted molar refractivity (Wildman–Crippen MR) is 137 cm³/mol. The van der Waals surface area contributed by atoms with E-state index in [-0.39, 0.29) is 31.5 Å². The zero-order valence-electron chi connectivity index (χ0n) is 19.8. The summed E-state index contributed by atoms with van der Waals surface area (Å²) in [6, 6.07) is 14.6. The van der Waals surface area contributed by atoms with Gasteiger partial charge in [-0.25, -0.2) is 9.78 Å². The SMILES string of the molecule is CCCCNC(=O)NCC(=O)CNc1ccc(Cl)c(COc2cccc3ccc(C)nc23)c1C#N. The van der Waals surface area contributed by atoms with Crippen molar-refractivity contribution in [3.8, 4) is 11.8 Å². The molecule has 2 amide bonds. The Hall–Kier alpha value is -3.83. The van der Waals surface area contributed by atoms with Crippen LogP contribution in [0.25, 0.3) is 10.9 Å². The van der Waals surface area contributed by atoms with Gasteiger partial charge < -0.3 is 20.7 Å². The van der Waals surface area contributed by atoms with Crippen molar-refractivity contribution in [3.05, 3.63) is 64.3 Å². The summed E-state index contributed by atoms with van der Waals surface area (Å²) in [6.07, 6.45) is 1.84. The van der Waals surface area contributed by atoms with Crippen molar-refractivity contribution in [2.24, 2.45) is 0 Å². The quantitative estimate of drug-likeness (QED) is 0.332. The Kier molecular flexibility index (Phi) is 9.27. The number of aryl methyl sites for hydroxylation is 1. The van der Waals surface area contributed by atoms with Crippen LogP contribution >= 0.6 is 11.6 Å². The number of fused-ring (bicyclic) bond motifs is 1. The first-order valence-electron chi connectivity index (χ1n) is 11.4. The van der Waals surface area contributed by atoms with Gasteiger partial charge in [0.05, 0.1) is 24.3 Å². The Morgan fingerprint density at radius 2 is 1.94 bits per heavy atom. The average Bonchev–Trinajstić information content (AvgIpc) is 2.85. The van der Waals surface area contributed by atoms with Gasteiger partial charge in [-0.15, -0.1) is 0 Å². The first-order valence-corrected chi connectivity index (χ1v) is 11.8. The number of aromatic nitrogens is 1. The van der Waals surface area contributed by atoms with Gasteiger partial charge in [-0.05, 0) is 37.6 Å². The maximum absolute atomic E-state index is 12.2. The normalized spacial score (nSPS) is 10.5. The summed E-state index contributed by atoms with van der Waals surface area (Å²) in [4.78, 5) is 28.5. The van der Waals surface area contributed by atoms with E-state index in [1.165, 1.54) is 0 Å². The number of amides is 2. The molecule has 0 saturated heterocycles. The minimum atomic E-state index is -0.381. The monoisotopic (exact) mass is 493 g/mol. The molecule has 0 atom stereocenters. The lowest BCUT2D eigenvalue weighted by atomic mass is 10.1. The highest BCUT2D eigenvalue weighted by atomic mass is 35.5. The second-order valence-electron chi connectivity index (χ2n) is 7.98. The minimum Gasteiger partial charge on any atom is -0.487 e. The number of pyridine rings is 1. The molecule has 3 N–H and O–H groups in total. The van der Waals surface area contributed by atoms with Gasteiger partial charge in [0, 0.05) is 28.2 Å². The second-order valence-corrected chi connectivity index (χ2v) is 8.39. The van der Waals surface area contributed by atoms with Gasteiger partial charge in [0.25, 0.3) is 0 Å². The van der Waals surface area contributed by atoms with Gasteiger partial charge >= 0.3 is 6.03 Å². The van der Waals surface area contributed by atoms with Crippen molar-refractivity contribution in [2.75, 3.05) is 25.0 Å². The van der Waals surface area contributed by atoms with E-state index in [9.17, 15) is 14.9 Å². The number of anilines is 1. The van der Waals surface area contributed by atoms with E-state index in [1.54, 1.807) is 12.1 Å². The standard InChI is InChI=1S/C26H28ClN5O3/c1-3-4-12-29-26(34)31-15-19(33)14-30-23-11-10-22(27)21(20(23)13-28)16-35-24-7-5-6-18-9-8-17(2)32-25(18)24/h5-11,30H,3-4,12,14-16H2,1-2H3,(H2,29,31,34). The third-order valence-electron chi connectivity index (χ3n) is 5.30. The fourth-order valence-corrected chi connectivity index (χ4v) is 3.61. The van der Waals surface area contributed by atoms with E-state index >= 15 is 0 Å². The number of nitrogens with zero attached hydrogens (tertiary/aromatic N) is 2. The van der Waals surface area contributed by atoms with Crippen LogP contribution in [0, 0.1) is 18.3 Å². The number of Topliss-reactive ketones (excluding diaryl/α,β-unsaturated/α-hetero) is 1. The molecule has 0 aliphatic heterocycles. The van der Waals surface area contributed by atoms with E-state index < -0.39 is 0 Å². The summed E-state index contributed by atoms with van der Waals surface area (Å²) >= 11 is 6.39. The summed E-state index contributed by atoms with van der Waals surface area (Å²) < 4.78 is 6.02. The van der Waals surface area contributed by atoms with Gasteiger partial charge in [0.15, 0.2) is 5.78 Å². The van der Waals surface area contributed by atoms with Gasteiger partial charge in [-0.2, -0.15) is 5.26 Å². The highest BCUT2D eigenvalue weighted by Crippen LogP contribution is 2.30. The van der Waals surface area contributed by atoms with Crippen LogP contribution in [0.5, 0.6) is 5.75 Å². The topological polar surface area (TPSA) is 116 Å². The summed E-state index contributed by atoms with van der Waals surface area (Å²) in [5.41, 5.74) is 2.86. The first kappa shape index (κ1) is 25.8. The fourth-order valence-electron chi connectivity index (χ4n) is 3.40. The third kappa shape index (κ3) is 7.08. The molecule has 1 heterocycles. The Labute approximate surface area is 209 Å². The zero-order valence-corrected chi connectivity index (χ0v) is 20.5. The number of para-hydroxylation sites is 1. The van der Waals surface area contributed by atoms with E-state index in [0.29, 0.717) is 34.1 Å². The predicted octanol–water partition coefficient (Wildman–Crippen LogP) is 4.73. The van der Waals surface area contributed by atoms with Crippen LogP contribution in [0.2, 0.25) is 5.02 Å². The molecule has 3 aromatic rings. The van der Waals surface area contributed by atoms with Crippen molar-refractivity contribution >= 4 is 40.0 Å². The summed E-state index contributed by atoms with van der Waals surface area (Å²) in [7, 11) is 0. The molecular formula is C26H28ClN5O3. The molecule has 0 spiro atoms. The van der Waals surface area contributed by atoms with Crippen molar-refractivity contribution in [3.63, 3.8) is 0 Å². The van der Waals surface area contributed by atoms with Crippen LogP contribution in [0.15, 0.2) is 42.5 Å². The lowest BCUT2D eigenvalue weighted by molar-refractivity contribution is -0.116. The molecule has 0 fully saturated rings. The number of benzene rings is 2. The maximum Gasteiger partial charge on any atom is 0.315 e. The van der Waals surface area contributed by atoms with Crippen LogP contribution in [0.4, 0.5) is 10.5 Å². The van der Waals surface area contributed by atoms with Crippen molar-refractivity contribution < 1.29 is 14.3 Å². The molecule has 0 saturated carbocycles. The number of urea groups is 1. The maximum atomic E-state index is 12.2. The molecule has 2 aromatic carbocycles. The van der Waals surface area contributed by atoms with Crippen molar-refractivity contribution in [2.45, 2.75) is 33.3 Å². The van der Waals surface area contributed by atoms with Gasteiger partial charge in [0.1, 0.15) is 23.9 Å². The number of rotatable bonds is 11. The smallest absolute Gasteiger partial charge is 0.315 e. The highest BCUT2D eigenvalue weighted by molar-refractivity contribution is 6.31. The second kappa shape index (κ2) is 12.6. The summed E-state index contributed by atoms with van der Waals surface area (Å²) in [5, 5.41) is 19.3. The molecule has 182 valence electrons. The Morgan fingerprint density at radius 1 is 1.11 bits per heavy atom. The number of hydrogen-bond donors (Lipinski definition) is 3. The number of carbonyl (C=O) groups excluding carboxylic acids is 2. The average molecular weight is 494 g/mol. The Bertz CT molecular complexity index is 1260. The van der Waals surface area contributed by atoms with E-state index in [1.807, 2.05) is 44.2 Å². The van der Waals surface area contributed by atoms with Crippen LogP contribution in [-0.2, 0) is 11.4 Å². The largest absolute Gasteiger partial charge is 0.487 e. The number of carbonyl (C=O) groups is 2. The van der Waals surface area contributed by atoms with E-state index in [2.05, 4.69) is 27.0 Å². The summed E-state index contributed by atoms with van der Waals surface area (Å²) in [5.74, 6) is 0.354. The highest BCUT2D eigenvalue weighted by Gasteiger charge is 2.15. The number of ketones is 1. The molecule has 0 aliphatic carbocycles. The Balaban J connectivity index is 1.66. The van der Waals surface area contributed by atoms with Gasteiger partial charge in [-0.1, -0.05) is 43.1 Å². The van der Waals surface area contributed by atoms with Crippen LogP contribution in [-0.4, -0.2) is 36.4 Å². The third-order valence-corrected chi connectivity index (χ3v) is 5.65. The number of hydrogen-bond acceptors (Lipinski definition) is 6. The van der Waals surface area contributed by atoms with Crippen molar-refractivity contribution in [1.82, 2.24) is 15.6 Å². The number of nitrogens with one attached hydrogen (secondary N) is 3. The van der Waals surface area contributed by atoms with Crippen LogP contribution in [0.1, 0.15) is 36.6 Å². The molecule has 0 aliphatic rings. The molecule has 1 aromatic heterocycles. The molecule has 35 heavy (non-hydrogen) atoms. The molecular weight excluding hydrogens is 466 g/mol. The molecule has 0 unspecified atom stereocenters. The molecule has 9 heteroatoms. The van der Waals surface area contributed by atoms with E-state index in [4.69, 9.17) is 16.3 Å². The molecule has 0 radical (unpaired) electrons. The number of halogens is 1. The fraction of sp³-hybridized carbons (Fsp3) is 0.308. The van der Waals surface area contributed by atoms with Gasteiger partial charge in [0.2, 0.25) is 0 Å². The lowest BCUT2D eigenvalue weighted by Crippen LogP contribution is -2.40. The van der Waals surface area contributed by atoms with Crippen LogP contribution in [0.3, 0.4) is 0 Å². The van der Waals surface area contributed by atoms with Gasteiger partial charge in [-0.3, -0.25) is 4.79 Å². The van der Waals surface area contributed by atoms with Crippen molar-refractivity contribution in [1.29, 1.82) is 5.26 Å². The zero-order chi connectivity index (χ0) is 25.2.